The number of amides is 1. The minimum absolute atomic E-state index is 0.117. The summed E-state index contributed by atoms with van der Waals surface area (Å²) in [5.41, 5.74) is 3.77. The zero-order valence-corrected chi connectivity index (χ0v) is 17.7. The highest BCUT2D eigenvalue weighted by atomic mass is 16.5. The van der Waals surface area contributed by atoms with E-state index in [9.17, 15) is 9.59 Å². The van der Waals surface area contributed by atoms with E-state index >= 15 is 0 Å². The molecule has 2 aromatic carbocycles. The van der Waals surface area contributed by atoms with Gasteiger partial charge in [-0.2, -0.15) is 0 Å². The molecule has 0 spiro atoms. The van der Waals surface area contributed by atoms with E-state index < -0.39 is 0 Å². The summed E-state index contributed by atoms with van der Waals surface area (Å²) in [6, 6.07) is 13.2. The summed E-state index contributed by atoms with van der Waals surface area (Å²) in [7, 11) is 1.64. The molecule has 1 amide bonds. The van der Waals surface area contributed by atoms with Gasteiger partial charge in [-0.3, -0.25) is 9.59 Å². The van der Waals surface area contributed by atoms with Crippen molar-refractivity contribution in [1.29, 1.82) is 0 Å². The van der Waals surface area contributed by atoms with Crippen molar-refractivity contribution in [2.75, 3.05) is 7.11 Å². The summed E-state index contributed by atoms with van der Waals surface area (Å²) in [6.07, 6.45) is 5.70. The van der Waals surface area contributed by atoms with Crippen molar-refractivity contribution in [1.82, 2.24) is 10.6 Å². The van der Waals surface area contributed by atoms with Crippen molar-refractivity contribution < 1.29 is 14.3 Å². The number of hydrogen-bond donors (Lipinski definition) is 2. The van der Waals surface area contributed by atoms with Crippen LogP contribution in [0.2, 0.25) is 0 Å². The zero-order valence-electron chi connectivity index (χ0n) is 17.7. The van der Waals surface area contributed by atoms with Crippen LogP contribution < -0.4 is 15.4 Å². The Labute approximate surface area is 177 Å². The van der Waals surface area contributed by atoms with Crippen molar-refractivity contribution in [2.24, 2.45) is 0 Å². The first-order chi connectivity index (χ1) is 14.3. The zero-order chi connectivity index (χ0) is 21.3. The molecule has 1 aliphatic carbocycles. The second-order valence-corrected chi connectivity index (χ2v) is 8.81. The molecule has 1 saturated carbocycles. The third-order valence-corrected chi connectivity index (χ3v) is 5.84. The van der Waals surface area contributed by atoms with E-state index in [1.54, 1.807) is 37.5 Å². The summed E-state index contributed by atoms with van der Waals surface area (Å²) < 4.78 is 5.37. The van der Waals surface area contributed by atoms with E-state index in [1.807, 2.05) is 12.1 Å². The van der Waals surface area contributed by atoms with E-state index in [4.69, 9.17) is 4.74 Å². The van der Waals surface area contributed by atoms with Gasteiger partial charge in [0.15, 0.2) is 5.78 Å². The van der Waals surface area contributed by atoms with Crippen LogP contribution in [0.15, 0.2) is 48.5 Å². The second-order valence-electron chi connectivity index (χ2n) is 8.81. The minimum Gasteiger partial charge on any atom is -0.497 e. The quantitative estimate of drug-likeness (QED) is 0.581. The van der Waals surface area contributed by atoms with Crippen molar-refractivity contribution in [3.8, 4) is 5.75 Å². The maximum atomic E-state index is 13.1. The lowest BCUT2D eigenvalue weighted by Gasteiger charge is -2.35. The predicted molar refractivity (Wildman–Crippen MR) is 118 cm³/mol. The highest BCUT2D eigenvalue weighted by Crippen LogP contribution is 2.32. The first-order valence-electron chi connectivity index (χ1n) is 10.5. The number of rotatable bonds is 5. The van der Waals surface area contributed by atoms with Crippen molar-refractivity contribution in [2.45, 2.75) is 51.1 Å². The lowest BCUT2D eigenvalue weighted by molar-refractivity contribution is 0.0917. The fourth-order valence-electron chi connectivity index (χ4n) is 4.00. The number of ether oxygens (including phenoxy) is 1. The molecule has 1 fully saturated rings. The van der Waals surface area contributed by atoms with Gasteiger partial charge in [-0.15, -0.1) is 0 Å². The van der Waals surface area contributed by atoms with Crippen LogP contribution >= 0.6 is 0 Å². The number of nitrogens with one attached hydrogen (secondary N) is 2. The molecule has 2 aromatic rings. The Kier molecular flexibility index (Phi) is 5.37. The molecule has 0 saturated heterocycles. The fourth-order valence-corrected chi connectivity index (χ4v) is 4.00. The van der Waals surface area contributed by atoms with Gasteiger partial charge in [-0.25, -0.2) is 0 Å². The molecule has 2 aliphatic rings. The van der Waals surface area contributed by atoms with Gasteiger partial charge in [0.2, 0.25) is 0 Å². The van der Waals surface area contributed by atoms with Crippen LogP contribution in [-0.2, 0) is 6.42 Å². The van der Waals surface area contributed by atoms with E-state index in [1.165, 1.54) is 5.56 Å². The number of allylic oxidation sites excluding steroid dienone is 1. The van der Waals surface area contributed by atoms with Crippen LogP contribution in [-0.4, -0.2) is 30.4 Å². The summed E-state index contributed by atoms with van der Waals surface area (Å²) in [6.45, 7) is 4.23. The molecule has 5 heteroatoms. The minimum atomic E-state index is -0.168. The fraction of sp³-hybridized carbons (Fsp3) is 0.360. The monoisotopic (exact) mass is 404 g/mol. The maximum absolute atomic E-state index is 13.1. The number of benzene rings is 2. The average molecular weight is 405 g/mol. The summed E-state index contributed by atoms with van der Waals surface area (Å²) in [5.74, 6) is 0.500. The van der Waals surface area contributed by atoms with Crippen molar-refractivity contribution in [3.05, 3.63) is 70.8 Å². The van der Waals surface area contributed by atoms with Crippen LogP contribution in [0.5, 0.6) is 5.75 Å². The summed E-state index contributed by atoms with van der Waals surface area (Å²) in [5, 5.41) is 6.51. The van der Waals surface area contributed by atoms with Crippen LogP contribution in [0, 0.1) is 0 Å². The standard InChI is InChI=1S/C25H28N2O3/c1-25(2)15-18-10-11-20(30-3)13-21(18)22(27-25)14-23(28)16-6-4-7-17(12-16)24(29)26-19-8-5-9-19/h4,6-7,10-14,19,27H,5,8-9,15H2,1-3H3,(H,26,29). The Morgan fingerprint density at radius 2 is 1.90 bits per heavy atom. The third-order valence-electron chi connectivity index (χ3n) is 5.84. The van der Waals surface area contributed by atoms with E-state index in [-0.39, 0.29) is 23.3 Å². The molecule has 0 atom stereocenters. The van der Waals surface area contributed by atoms with Gasteiger partial charge in [0, 0.05) is 40.0 Å². The second kappa shape index (κ2) is 7.98. The van der Waals surface area contributed by atoms with E-state index in [0.717, 1.165) is 42.7 Å². The van der Waals surface area contributed by atoms with Gasteiger partial charge in [0.05, 0.1) is 7.11 Å². The van der Waals surface area contributed by atoms with Crippen LogP contribution in [0.4, 0.5) is 0 Å². The topological polar surface area (TPSA) is 67.4 Å². The lowest BCUT2D eigenvalue weighted by Crippen LogP contribution is -2.43. The normalized spacial score (nSPS) is 18.7. The maximum Gasteiger partial charge on any atom is 0.251 e. The molecular weight excluding hydrogens is 376 g/mol. The molecule has 4 rings (SSSR count). The Bertz CT molecular complexity index is 1020. The Morgan fingerprint density at radius 1 is 1.13 bits per heavy atom. The Balaban J connectivity index is 1.62. The Morgan fingerprint density at radius 3 is 2.60 bits per heavy atom. The molecule has 0 unspecified atom stereocenters. The number of carbonyl (C=O) groups is 2. The third kappa shape index (κ3) is 4.25. The van der Waals surface area contributed by atoms with E-state index in [2.05, 4.69) is 30.5 Å². The number of carbonyl (C=O) groups excluding carboxylic acids is 2. The largest absolute Gasteiger partial charge is 0.497 e. The highest BCUT2D eigenvalue weighted by Gasteiger charge is 2.28. The number of hydrogen-bond acceptors (Lipinski definition) is 4. The summed E-state index contributed by atoms with van der Waals surface area (Å²) in [4.78, 5) is 25.5. The van der Waals surface area contributed by atoms with Crippen LogP contribution in [0.1, 0.15) is 65.0 Å². The molecule has 0 bridgehead atoms. The van der Waals surface area contributed by atoms with Gasteiger partial charge >= 0.3 is 0 Å². The van der Waals surface area contributed by atoms with Crippen LogP contribution in [0.25, 0.3) is 5.70 Å². The number of fused-ring (bicyclic) bond motifs is 1. The number of methoxy groups -OCH3 is 1. The van der Waals surface area contributed by atoms with E-state index in [0.29, 0.717) is 11.1 Å². The highest BCUT2D eigenvalue weighted by molar-refractivity contribution is 6.10. The predicted octanol–water partition coefficient (Wildman–Crippen LogP) is 4.13. The smallest absolute Gasteiger partial charge is 0.251 e. The first kappa shape index (κ1) is 20.2. The molecule has 1 aliphatic heterocycles. The molecule has 0 aromatic heterocycles. The van der Waals surface area contributed by atoms with Crippen molar-refractivity contribution in [3.63, 3.8) is 0 Å². The molecule has 30 heavy (non-hydrogen) atoms. The SMILES string of the molecule is COc1ccc2c(c1)C(=CC(=O)c1cccc(C(=O)NC3CCC3)c1)NC(C)(C)C2. The summed E-state index contributed by atoms with van der Waals surface area (Å²) >= 11 is 0. The van der Waals surface area contributed by atoms with Gasteiger partial charge < -0.3 is 15.4 Å². The van der Waals surface area contributed by atoms with Crippen LogP contribution in [0.3, 0.4) is 0 Å². The Hall–Kier alpha value is -3.08. The molecule has 1 heterocycles. The molecule has 5 nitrogen and oxygen atoms in total. The van der Waals surface area contributed by atoms with Gasteiger partial charge in [-0.05, 0) is 69.4 Å². The molecule has 156 valence electrons. The molecular formula is C25H28N2O3. The van der Waals surface area contributed by atoms with Gasteiger partial charge in [-0.1, -0.05) is 18.2 Å². The molecule has 0 radical (unpaired) electrons. The lowest BCUT2D eigenvalue weighted by atomic mass is 9.85. The average Bonchev–Trinajstić information content (AvgIpc) is 2.69. The molecule has 2 N–H and O–H groups in total. The van der Waals surface area contributed by atoms with Gasteiger partial charge in [0.25, 0.3) is 5.91 Å². The van der Waals surface area contributed by atoms with Gasteiger partial charge in [0.1, 0.15) is 5.75 Å². The van der Waals surface area contributed by atoms with Crippen molar-refractivity contribution >= 4 is 17.4 Å². The first-order valence-corrected chi connectivity index (χ1v) is 10.5. The number of ketones is 1.